The van der Waals surface area contributed by atoms with Crippen LogP contribution in [0.25, 0.3) is 16.8 Å². The van der Waals surface area contributed by atoms with E-state index in [1.165, 1.54) is 12.1 Å². The topological polar surface area (TPSA) is 106 Å². The molecule has 1 saturated heterocycles. The van der Waals surface area contributed by atoms with Crippen molar-refractivity contribution < 1.29 is 9.66 Å². The summed E-state index contributed by atoms with van der Waals surface area (Å²) in [4.78, 5) is 30.1. The summed E-state index contributed by atoms with van der Waals surface area (Å²) in [5.41, 5.74) is 1.65. The molecule has 10 heteroatoms. The summed E-state index contributed by atoms with van der Waals surface area (Å²) in [7, 11) is 0. The number of azo groups is 1. The number of nitro benzene ring substituents is 1. The molecule has 0 atom stereocenters. The number of hydrogen-bond acceptors (Lipinski definition) is 8. The van der Waals surface area contributed by atoms with Gasteiger partial charge in [0.25, 0.3) is 11.2 Å². The molecule has 1 fully saturated rings. The monoisotopic (exact) mass is 552 g/mol. The van der Waals surface area contributed by atoms with Gasteiger partial charge in [-0.3, -0.25) is 19.5 Å². The molecule has 4 aromatic rings. The van der Waals surface area contributed by atoms with E-state index in [2.05, 4.69) is 27.0 Å². The second-order valence-corrected chi connectivity index (χ2v) is 9.57. The Kier molecular flexibility index (Phi) is 8.50. The first-order valence-electron chi connectivity index (χ1n) is 13.7. The summed E-state index contributed by atoms with van der Waals surface area (Å²) in [5, 5.41) is 20.2. The van der Waals surface area contributed by atoms with E-state index in [-0.39, 0.29) is 22.6 Å². The number of likely N-dealkylation sites (N-methyl/N-ethyl adjacent to an activating group) is 1. The molecule has 0 bridgehead atoms. The fourth-order valence-corrected chi connectivity index (χ4v) is 4.96. The van der Waals surface area contributed by atoms with Gasteiger partial charge in [0.1, 0.15) is 11.6 Å². The van der Waals surface area contributed by atoms with Crippen LogP contribution in [0.5, 0.6) is 5.75 Å². The van der Waals surface area contributed by atoms with Crippen LogP contribution >= 0.6 is 0 Å². The molecule has 210 valence electrons. The summed E-state index contributed by atoms with van der Waals surface area (Å²) in [6, 6.07) is 25.0. The maximum absolute atomic E-state index is 14.4. The van der Waals surface area contributed by atoms with Crippen molar-refractivity contribution in [3.05, 3.63) is 105 Å². The highest BCUT2D eigenvalue weighted by Gasteiger charge is 2.24. The van der Waals surface area contributed by atoms with E-state index in [4.69, 9.17) is 4.74 Å². The number of aromatic nitrogens is 1. The zero-order valence-corrected chi connectivity index (χ0v) is 23.1. The maximum Gasteiger partial charge on any atom is 0.296 e. The van der Waals surface area contributed by atoms with Gasteiger partial charge in [0, 0.05) is 37.8 Å². The van der Waals surface area contributed by atoms with Crippen LogP contribution in [-0.2, 0) is 0 Å². The van der Waals surface area contributed by atoms with Crippen molar-refractivity contribution >= 4 is 22.9 Å². The van der Waals surface area contributed by atoms with Gasteiger partial charge in [-0.1, -0.05) is 49.4 Å². The first kappa shape index (κ1) is 27.7. The molecule has 41 heavy (non-hydrogen) atoms. The summed E-state index contributed by atoms with van der Waals surface area (Å²) in [6.45, 7) is 8.88. The highest BCUT2D eigenvalue weighted by atomic mass is 16.6. The van der Waals surface area contributed by atoms with Gasteiger partial charge in [-0.15, -0.1) is 10.2 Å². The molecule has 1 aromatic heterocycles. The zero-order chi connectivity index (χ0) is 28.8. The van der Waals surface area contributed by atoms with Gasteiger partial charge >= 0.3 is 0 Å². The van der Waals surface area contributed by atoms with E-state index in [0.29, 0.717) is 23.6 Å². The predicted octanol–water partition coefficient (Wildman–Crippen LogP) is 6.37. The average Bonchev–Trinajstić information content (AvgIpc) is 3.01. The molecule has 0 radical (unpaired) electrons. The Morgan fingerprint density at radius 2 is 1.56 bits per heavy atom. The van der Waals surface area contributed by atoms with Crippen molar-refractivity contribution in [1.29, 1.82) is 0 Å². The maximum atomic E-state index is 14.4. The molecule has 10 nitrogen and oxygen atoms in total. The van der Waals surface area contributed by atoms with Crippen LogP contribution in [0.3, 0.4) is 0 Å². The number of pyridine rings is 1. The van der Waals surface area contributed by atoms with Crippen LogP contribution in [0.15, 0.2) is 100.0 Å². The molecular weight excluding hydrogens is 520 g/mol. The molecule has 0 unspecified atom stereocenters. The van der Waals surface area contributed by atoms with Crippen molar-refractivity contribution in [3.63, 3.8) is 0 Å². The highest BCUT2D eigenvalue weighted by Crippen LogP contribution is 2.36. The van der Waals surface area contributed by atoms with E-state index in [1.807, 2.05) is 67.6 Å². The number of rotatable bonds is 9. The van der Waals surface area contributed by atoms with Crippen molar-refractivity contribution in [2.45, 2.75) is 13.8 Å². The molecule has 2 heterocycles. The van der Waals surface area contributed by atoms with Gasteiger partial charge in [-0.25, -0.2) is 0 Å². The minimum Gasteiger partial charge on any atom is -0.494 e. The summed E-state index contributed by atoms with van der Waals surface area (Å²) >= 11 is 0. The molecule has 0 amide bonds. The van der Waals surface area contributed by atoms with E-state index in [1.54, 1.807) is 16.7 Å². The molecule has 0 aliphatic carbocycles. The first-order valence-corrected chi connectivity index (χ1v) is 13.7. The number of anilines is 1. The van der Waals surface area contributed by atoms with Gasteiger partial charge in [0.05, 0.1) is 17.2 Å². The Hall–Kier alpha value is -4.83. The number of hydrogen-bond donors (Lipinski definition) is 0. The molecule has 0 saturated carbocycles. The average molecular weight is 553 g/mol. The fraction of sp³-hybridized carbons (Fsp3) is 0.258. The lowest BCUT2D eigenvalue weighted by Crippen LogP contribution is -2.47. The molecule has 1 aliphatic rings. The van der Waals surface area contributed by atoms with Crippen LogP contribution in [-0.4, -0.2) is 53.7 Å². The zero-order valence-electron chi connectivity index (χ0n) is 23.1. The number of para-hydroxylation sites is 2. The van der Waals surface area contributed by atoms with Gasteiger partial charge < -0.3 is 14.5 Å². The van der Waals surface area contributed by atoms with Gasteiger partial charge in [0.15, 0.2) is 11.4 Å². The lowest BCUT2D eigenvalue weighted by atomic mass is 10.0. The van der Waals surface area contributed by atoms with Crippen LogP contribution in [0, 0.1) is 10.1 Å². The fourth-order valence-electron chi connectivity index (χ4n) is 4.96. The first-order chi connectivity index (χ1) is 20.0. The van der Waals surface area contributed by atoms with E-state index < -0.39 is 4.92 Å². The predicted molar refractivity (Wildman–Crippen MR) is 160 cm³/mol. The van der Waals surface area contributed by atoms with Gasteiger partial charge in [0.2, 0.25) is 0 Å². The number of ether oxygens (including phenoxy) is 1. The molecular formula is C31H32N6O4. The molecule has 0 N–H and O–H groups in total. The molecule has 5 rings (SSSR count). The normalized spacial score (nSPS) is 14.0. The third-order valence-corrected chi connectivity index (χ3v) is 7.13. The Balaban J connectivity index is 1.73. The lowest BCUT2D eigenvalue weighted by molar-refractivity contribution is -0.384. The van der Waals surface area contributed by atoms with E-state index >= 15 is 0 Å². The van der Waals surface area contributed by atoms with Crippen LogP contribution in [0.1, 0.15) is 13.8 Å². The molecule has 0 spiro atoms. The van der Waals surface area contributed by atoms with E-state index in [9.17, 15) is 14.9 Å². The SMILES string of the molecule is CCOc1ccc(-c2cc(N3CCN(CC)CC3)n(-c3ccccc3)c(=O)c2N=Nc2ccccc2[N+](=O)[O-])cc1. The smallest absolute Gasteiger partial charge is 0.296 e. The highest BCUT2D eigenvalue weighted by molar-refractivity contribution is 5.79. The van der Waals surface area contributed by atoms with Crippen LogP contribution < -0.4 is 15.2 Å². The number of nitro groups is 1. The number of nitrogens with zero attached hydrogens (tertiary/aromatic N) is 6. The second kappa shape index (κ2) is 12.6. The third-order valence-electron chi connectivity index (χ3n) is 7.13. The van der Waals surface area contributed by atoms with Crippen LogP contribution in [0.4, 0.5) is 22.9 Å². The largest absolute Gasteiger partial charge is 0.494 e. The quantitative estimate of drug-likeness (QED) is 0.136. The Morgan fingerprint density at radius 3 is 2.22 bits per heavy atom. The van der Waals surface area contributed by atoms with Gasteiger partial charge in [-0.2, -0.15) is 0 Å². The van der Waals surface area contributed by atoms with Crippen molar-refractivity contribution in [3.8, 4) is 22.6 Å². The molecule has 3 aromatic carbocycles. The summed E-state index contributed by atoms with van der Waals surface area (Å²) in [5.74, 6) is 1.47. The Labute approximate surface area is 238 Å². The Bertz CT molecular complexity index is 1590. The van der Waals surface area contributed by atoms with Crippen LogP contribution in [0.2, 0.25) is 0 Å². The second-order valence-electron chi connectivity index (χ2n) is 9.57. The minimum absolute atomic E-state index is 0.0700. The minimum atomic E-state index is -0.511. The number of benzene rings is 3. The summed E-state index contributed by atoms with van der Waals surface area (Å²) in [6.07, 6.45) is 0. The number of piperazine rings is 1. The van der Waals surface area contributed by atoms with Crippen molar-refractivity contribution in [2.75, 3.05) is 44.2 Å². The van der Waals surface area contributed by atoms with Gasteiger partial charge in [-0.05, 0) is 55.4 Å². The Morgan fingerprint density at radius 1 is 0.878 bits per heavy atom. The van der Waals surface area contributed by atoms with Crippen molar-refractivity contribution in [2.24, 2.45) is 10.2 Å². The third kappa shape index (κ3) is 6.02. The molecule has 1 aliphatic heterocycles. The summed E-state index contributed by atoms with van der Waals surface area (Å²) < 4.78 is 7.28. The lowest BCUT2D eigenvalue weighted by Gasteiger charge is -2.36. The van der Waals surface area contributed by atoms with Crippen molar-refractivity contribution in [1.82, 2.24) is 9.47 Å². The standard InChI is InChI=1S/C31H32N6O4/c1-3-34-18-20-35(21-19-34)29-22-26(23-14-16-25(17-15-23)41-4-2)30(31(38)36(29)24-10-6-5-7-11-24)33-32-27-12-8-9-13-28(27)37(39)40/h5-17,22H,3-4,18-21H2,1-2H3. The van der Waals surface area contributed by atoms with E-state index in [0.717, 1.165) is 44.1 Å².